The highest BCUT2D eigenvalue weighted by Gasteiger charge is 2.49. The van der Waals surface area contributed by atoms with E-state index in [1.807, 2.05) is 31.2 Å². The van der Waals surface area contributed by atoms with E-state index in [1.165, 1.54) is 20.0 Å². The minimum atomic E-state index is -1.16. The molecule has 0 saturated carbocycles. The molecule has 0 aromatic heterocycles. The van der Waals surface area contributed by atoms with Gasteiger partial charge in [0.2, 0.25) is 23.6 Å². The first-order valence-corrected chi connectivity index (χ1v) is 13.7. The molecule has 1 fully saturated rings. The van der Waals surface area contributed by atoms with Crippen molar-refractivity contribution < 1.29 is 28.8 Å². The number of likely N-dealkylation sites (tertiary alicyclic amines) is 1. The van der Waals surface area contributed by atoms with Crippen LogP contribution in [0.25, 0.3) is 6.08 Å². The smallest absolute Gasteiger partial charge is 0.240 e. The molecule has 3 rings (SSSR count). The Morgan fingerprint density at radius 3 is 2.20 bits per heavy atom. The summed E-state index contributed by atoms with van der Waals surface area (Å²) in [5.41, 5.74) is 2.54. The standard InChI is InChI=1S/C32H37N3O6/c1-19(2)29(30(39)28-21(4)31(40)35(5)32(28)41)34-27(38)18-25(23-12-7-6-8-13-23)33-26(37)17-24(36)15-14-22-11-9-10-20(3)16-22/h6-16,19,21,25,28-29H,17-18H2,1-5H3,(H,33,37)(H,34,38)/b15-14+/t21-,25-,28+,29-/m0/s1. The molecule has 2 aromatic carbocycles. The fourth-order valence-electron chi connectivity index (χ4n) is 4.89. The van der Waals surface area contributed by atoms with Gasteiger partial charge in [-0.3, -0.25) is 33.7 Å². The third-order valence-corrected chi connectivity index (χ3v) is 7.18. The second-order valence-electron chi connectivity index (χ2n) is 10.8. The van der Waals surface area contributed by atoms with Crippen molar-refractivity contribution in [2.75, 3.05) is 7.05 Å². The SMILES string of the molecule is Cc1cccc(/C=C/C(=O)CC(=O)N[C@@H](CC(=O)N[C@H](C(=O)[C@@H]2C(=O)N(C)C(=O)[C@H]2C)C(C)C)c2ccccc2)c1. The molecule has 0 radical (unpaired) electrons. The number of benzene rings is 2. The maximum atomic E-state index is 13.3. The molecule has 2 aromatic rings. The maximum Gasteiger partial charge on any atom is 0.240 e. The van der Waals surface area contributed by atoms with Crippen molar-refractivity contribution in [3.63, 3.8) is 0 Å². The molecule has 41 heavy (non-hydrogen) atoms. The molecule has 9 nitrogen and oxygen atoms in total. The average molecular weight is 560 g/mol. The van der Waals surface area contributed by atoms with Gasteiger partial charge in [-0.05, 0) is 30.0 Å². The Bertz CT molecular complexity index is 1350. The monoisotopic (exact) mass is 559 g/mol. The first kappa shape index (κ1) is 31.1. The topological polar surface area (TPSA) is 130 Å². The number of Topliss-reactive ketones (excluding diaryl/α,β-unsaturated/α-hetero) is 1. The molecule has 1 aliphatic rings. The number of rotatable bonds is 12. The van der Waals surface area contributed by atoms with Crippen molar-refractivity contribution in [1.82, 2.24) is 15.5 Å². The molecule has 4 atom stereocenters. The first-order chi connectivity index (χ1) is 19.4. The van der Waals surface area contributed by atoms with Crippen LogP contribution in [0.5, 0.6) is 0 Å². The zero-order chi connectivity index (χ0) is 30.3. The highest BCUT2D eigenvalue weighted by atomic mass is 16.2. The number of nitrogens with one attached hydrogen (secondary N) is 2. The second-order valence-corrected chi connectivity index (χ2v) is 10.8. The summed E-state index contributed by atoms with van der Waals surface area (Å²) in [7, 11) is 1.34. The largest absolute Gasteiger partial charge is 0.348 e. The van der Waals surface area contributed by atoms with E-state index in [0.717, 1.165) is 16.0 Å². The van der Waals surface area contributed by atoms with E-state index in [4.69, 9.17) is 0 Å². The van der Waals surface area contributed by atoms with E-state index in [-0.39, 0.29) is 18.1 Å². The van der Waals surface area contributed by atoms with Crippen LogP contribution in [-0.4, -0.2) is 53.2 Å². The summed E-state index contributed by atoms with van der Waals surface area (Å²) in [5, 5.41) is 5.49. The van der Waals surface area contributed by atoms with Crippen LogP contribution < -0.4 is 10.6 Å². The molecule has 9 heteroatoms. The van der Waals surface area contributed by atoms with E-state index in [0.29, 0.717) is 5.56 Å². The zero-order valence-electron chi connectivity index (χ0n) is 24.0. The number of nitrogens with zero attached hydrogens (tertiary/aromatic N) is 1. The quantitative estimate of drug-likeness (QED) is 0.233. The van der Waals surface area contributed by atoms with Gasteiger partial charge in [-0.1, -0.05) is 87.0 Å². The first-order valence-electron chi connectivity index (χ1n) is 13.7. The molecule has 1 heterocycles. The average Bonchev–Trinajstić information content (AvgIpc) is 3.12. The molecule has 4 amide bonds. The van der Waals surface area contributed by atoms with Crippen LogP contribution in [0.4, 0.5) is 0 Å². The predicted molar refractivity (Wildman–Crippen MR) is 154 cm³/mol. The Labute approximate surface area is 240 Å². The summed E-state index contributed by atoms with van der Waals surface area (Å²) in [6.07, 6.45) is 2.40. The number of imide groups is 1. The fourth-order valence-corrected chi connectivity index (χ4v) is 4.89. The number of carbonyl (C=O) groups excluding carboxylic acids is 6. The van der Waals surface area contributed by atoms with Gasteiger partial charge in [0.25, 0.3) is 0 Å². The lowest BCUT2D eigenvalue weighted by Gasteiger charge is -2.26. The second kappa shape index (κ2) is 13.8. The molecular weight excluding hydrogens is 522 g/mol. The minimum absolute atomic E-state index is 0.202. The van der Waals surface area contributed by atoms with Gasteiger partial charge in [0, 0.05) is 7.05 Å². The van der Waals surface area contributed by atoms with Crippen molar-refractivity contribution in [1.29, 1.82) is 0 Å². The minimum Gasteiger partial charge on any atom is -0.348 e. The summed E-state index contributed by atoms with van der Waals surface area (Å²) in [5.74, 6) is -5.31. The Morgan fingerprint density at radius 1 is 0.927 bits per heavy atom. The highest BCUT2D eigenvalue weighted by Crippen LogP contribution is 2.28. The van der Waals surface area contributed by atoms with E-state index in [1.54, 1.807) is 50.3 Å². The zero-order valence-corrected chi connectivity index (χ0v) is 24.0. The molecule has 2 N–H and O–H groups in total. The van der Waals surface area contributed by atoms with Crippen molar-refractivity contribution in [2.45, 2.75) is 52.6 Å². The normalized spacial score (nSPS) is 18.4. The van der Waals surface area contributed by atoms with Gasteiger partial charge in [0.15, 0.2) is 11.6 Å². The van der Waals surface area contributed by atoms with Crippen LogP contribution in [0, 0.1) is 24.7 Å². The Balaban J connectivity index is 1.69. The number of aryl methyl sites for hydroxylation is 1. The van der Waals surface area contributed by atoms with Crippen LogP contribution >= 0.6 is 0 Å². The van der Waals surface area contributed by atoms with Gasteiger partial charge >= 0.3 is 0 Å². The van der Waals surface area contributed by atoms with Crippen LogP contribution in [0.3, 0.4) is 0 Å². The van der Waals surface area contributed by atoms with Crippen LogP contribution in [0.1, 0.15) is 56.3 Å². The molecular formula is C32H37N3O6. The van der Waals surface area contributed by atoms with Gasteiger partial charge in [0.1, 0.15) is 5.92 Å². The molecule has 1 saturated heterocycles. The van der Waals surface area contributed by atoms with Gasteiger partial charge < -0.3 is 10.6 Å². The van der Waals surface area contributed by atoms with Gasteiger partial charge in [-0.2, -0.15) is 0 Å². The molecule has 216 valence electrons. The van der Waals surface area contributed by atoms with Gasteiger partial charge in [-0.15, -0.1) is 0 Å². The van der Waals surface area contributed by atoms with Crippen LogP contribution in [-0.2, 0) is 28.8 Å². The van der Waals surface area contributed by atoms with Crippen molar-refractivity contribution in [2.24, 2.45) is 17.8 Å². The molecule has 0 bridgehead atoms. The van der Waals surface area contributed by atoms with Gasteiger partial charge in [-0.25, -0.2) is 0 Å². The lowest BCUT2D eigenvalue weighted by atomic mass is 9.85. The lowest BCUT2D eigenvalue weighted by molar-refractivity contribution is -0.141. The number of allylic oxidation sites excluding steroid dienone is 1. The Hall–Kier alpha value is -4.40. The molecule has 0 spiro atoms. The third-order valence-electron chi connectivity index (χ3n) is 7.18. The summed E-state index contributed by atoms with van der Waals surface area (Å²) in [4.78, 5) is 77.6. The summed E-state index contributed by atoms with van der Waals surface area (Å²) in [6, 6.07) is 14.7. The van der Waals surface area contributed by atoms with E-state index < -0.39 is 59.8 Å². The molecule has 1 aliphatic heterocycles. The fraction of sp³-hybridized carbons (Fsp3) is 0.375. The third kappa shape index (κ3) is 8.06. The summed E-state index contributed by atoms with van der Waals surface area (Å²) in [6.45, 7) is 6.96. The Morgan fingerprint density at radius 2 is 1.61 bits per heavy atom. The van der Waals surface area contributed by atoms with Crippen LogP contribution in [0.2, 0.25) is 0 Å². The number of carbonyl (C=O) groups is 6. The molecule has 0 aliphatic carbocycles. The van der Waals surface area contributed by atoms with E-state index in [9.17, 15) is 28.8 Å². The van der Waals surface area contributed by atoms with E-state index >= 15 is 0 Å². The van der Waals surface area contributed by atoms with Gasteiger partial charge in [0.05, 0.1) is 30.8 Å². The number of ketones is 2. The number of hydrogen-bond acceptors (Lipinski definition) is 6. The number of amides is 4. The lowest BCUT2D eigenvalue weighted by Crippen LogP contribution is -2.49. The Kier molecular flexibility index (Phi) is 10.5. The summed E-state index contributed by atoms with van der Waals surface area (Å²) < 4.78 is 0. The van der Waals surface area contributed by atoms with Crippen molar-refractivity contribution in [3.05, 3.63) is 77.4 Å². The van der Waals surface area contributed by atoms with E-state index in [2.05, 4.69) is 10.6 Å². The highest BCUT2D eigenvalue weighted by molar-refractivity contribution is 6.16. The van der Waals surface area contributed by atoms with Crippen molar-refractivity contribution in [3.8, 4) is 0 Å². The number of hydrogen-bond donors (Lipinski definition) is 2. The van der Waals surface area contributed by atoms with Crippen molar-refractivity contribution >= 4 is 41.3 Å². The molecule has 0 unspecified atom stereocenters. The van der Waals surface area contributed by atoms with Crippen LogP contribution in [0.15, 0.2) is 60.7 Å². The maximum absolute atomic E-state index is 13.3. The predicted octanol–water partition coefficient (Wildman–Crippen LogP) is 3.18. The summed E-state index contributed by atoms with van der Waals surface area (Å²) >= 11 is 0.